The average molecular weight is 351 g/mol. The summed E-state index contributed by atoms with van der Waals surface area (Å²) in [7, 11) is 0. The number of piperidine rings is 1. The van der Waals surface area contributed by atoms with Gasteiger partial charge >= 0.3 is 0 Å². The smallest absolute Gasteiger partial charge is 0.224 e. The Morgan fingerprint density at radius 3 is 2.58 bits per heavy atom. The third kappa shape index (κ3) is 4.12. The van der Waals surface area contributed by atoms with Crippen LogP contribution in [-0.2, 0) is 4.79 Å². The van der Waals surface area contributed by atoms with E-state index < -0.39 is 0 Å². The fourth-order valence-corrected chi connectivity index (χ4v) is 4.18. The summed E-state index contributed by atoms with van der Waals surface area (Å²) in [5.74, 6) is 1.08. The van der Waals surface area contributed by atoms with Gasteiger partial charge in [0.2, 0.25) is 5.91 Å². The first-order chi connectivity index (χ1) is 11.0. The highest BCUT2D eigenvalue weighted by atomic mass is 35.5. The van der Waals surface area contributed by atoms with E-state index in [4.69, 9.17) is 0 Å². The fourth-order valence-electron chi connectivity index (χ4n) is 4.18. The molecule has 1 spiro atoms. The van der Waals surface area contributed by atoms with Crippen LogP contribution in [0.15, 0.2) is 24.3 Å². The minimum Gasteiger partial charge on any atom is -0.349 e. The maximum atomic E-state index is 12.8. The molecule has 2 N–H and O–H groups in total. The number of carbonyl (C=O) groups is 1. The van der Waals surface area contributed by atoms with E-state index in [9.17, 15) is 4.79 Å². The Kier molecular flexibility index (Phi) is 6.33. The van der Waals surface area contributed by atoms with Gasteiger partial charge in [0.05, 0.1) is 6.04 Å². The van der Waals surface area contributed by atoms with Crippen molar-refractivity contribution in [2.75, 3.05) is 13.1 Å². The van der Waals surface area contributed by atoms with Gasteiger partial charge in [0, 0.05) is 5.92 Å². The molecule has 0 aromatic heterocycles. The summed E-state index contributed by atoms with van der Waals surface area (Å²) < 4.78 is 0. The number of carbonyl (C=O) groups excluding carboxylic acids is 1. The molecule has 1 aliphatic heterocycles. The molecule has 2 atom stereocenters. The molecule has 3 rings (SSSR count). The standard InChI is InChI=1S/C20H30N2O.ClH/c1-14(2)12-18(16-7-5-4-6-15(16)3)22-19(23)17-13-20(17)8-10-21-11-9-20;/h4-7,14,17-18,21H,8-13H2,1-3H3,(H,22,23);1H. The Labute approximate surface area is 152 Å². The SMILES string of the molecule is Cc1ccccc1C(CC(C)C)NC(=O)C1CC12CCNCC2.Cl. The highest BCUT2D eigenvalue weighted by molar-refractivity contribution is 5.85. The maximum Gasteiger partial charge on any atom is 0.224 e. The van der Waals surface area contributed by atoms with E-state index in [0.717, 1.165) is 38.8 Å². The lowest BCUT2D eigenvalue weighted by molar-refractivity contribution is -0.124. The average Bonchev–Trinajstić information content (AvgIpc) is 3.20. The number of nitrogens with one attached hydrogen (secondary N) is 2. The molecule has 3 nitrogen and oxygen atoms in total. The first-order valence-electron chi connectivity index (χ1n) is 9.08. The largest absolute Gasteiger partial charge is 0.349 e. The zero-order chi connectivity index (χ0) is 16.4. The van der Waals surface area contributed by atoms with Gasteiger partial charge in [-0.2, -0.15) is 0 Å². The third-order valence-corrected chi connectivity index (χ3v) is 5.69. The molecule has 2 aliphatic rings. The molecule has 1 heterocycles. The van der Waals surface area contributed by atoms with E-state index in [2.05, 4.69) is 55.7 Å². The lowest BCUT2D eigenvalue weighted by Gasteiger charge is -2.26. The molecule has 1 aliphatic carbocycles. The summed E-state index contributed by atoms with van der Waals surface area (Å²) >= 11 is 0. The molecule has 1 saturated heterocycles. The van der Waals surface area contributed by atoms with Crippen LogP contribution in [0, 0.1) is 24.2 Å². The van der Waals surface area contributed by atoms with Crippen molar-refractivity contribution < 1.29 is 4.79 Å². The van der Waals surface area contributed by atoms with Crippen LogP contribution in [0.2, 0.25) is 0 Å². The molecule has 1 aromatic rings. The van der Waals surface area contributed by atoms with Gasteiger partial charge in [-0.05, 0) is 68.2 Å². The normalized spacial score (nSPS) is 22.8. The van der Waals surface area contributed by atoms with Crippen LogP contribution in [0.5, 0.6) is 0 Å². The van der Waals surface area contributed by atoms with Crippen molar-refractivity contribution in [3.63, 3.8) is 0 Å². The van der Waals surface area contributed by atoms with E-state index >= 15 is 0 Å². The predicted octanol–water partition coefficient (Wildman–Crippen LogP) is 4.01. The van der Waals surface area contributed by atoms with Crippen molar-refractivity contribution in [3.05, 3.63) is 35.4 Å². The molecule has 4 heteroatoms. The Morgan fingerprint density at radius 1 is 1.29 bits per heavy atom. The lowest BCUT2D eigenvalue weighted by Crippen LogP contribution is -2.35. The summed E-state index contributed by atoms with van der Waals surface area (Å²) in [5, 5.41) is 6.79. The molecule has 1 aromatic carbocycles. The Bertz CT molecular complexity index is 567. The van der Waals surface area contributed by atoms with Gasteiger partial charge in [0.25, 0.3) is 0 Å². The van der Waals surface area contributed by atoms with Crippen molar-refractivity contribution in [3.8, 4) is 0 Å². The quantitative estimate of drug-likeness (QED) is 0.842. The first-order valence-corrected chi connectivity index (χ1v) is 9.08. The Hall–Kier alpha value is -1.06. The van der Waals surface area contributed by atoms with Crippen LogP contribution in [0.1, 0.15) is 56.7 Å². The van der Waals surface area contributed by atoms with Crippen LogP contribution in [0.4, 0.5) is 0 Å². The number of rotatable bonds is 5. The van der Waals surface area contributed by atoms with Crippen LogP contribution >= 0.6 is 12.4 Å². The second-order valence-electron chi connectivity index (χ2n) is 7.92. The molecule has 0 bridgehead atoms. The van der Waals surface area contributed by atoms with E-state index in [1.807, 2.05) is 0 Å². The molecule has 0 radical (unpaired) electrons. The van der Waals surface area contributed by atoms with Gasteiger partial charge in [0.1, 0.15) is 0 Å². The molecular formula is C20H31ClN2O. The van der Waals surface area contributed by atoms with Gasteiger partial charge in [-0.3, -0.25) is 4.79 Å². The molecule has 1 saturated carbocycles. The number of hydrogen-bond acceptors (Lipinski definition) is 2. The van der Waals surface area contributed by atoms with Crippen LogP contribution in [-0.4, -0.2) is 19.0 Å². The van der Waals surface area contributed by atoms with E-state index in [0.29, 0.717) is 11.3 Å². The summed E-state index contributed by atoms with van der Waals surface area (Å²) in [5.41, 5.74) is 2.85. The molecule has 134 valence electrons. The molecule has 2 fully saturated rings. The summed E-state index contributed by atoms with van der Waals surface area (Å²) in [4.78, 5) is 12.8. The van der Waals surface area contributed by atoms with Gasteiger partial charge < -0.3 is 10.6 Å². The number of aryl methyl sites for hydroxylation is 1. The van der Waals surface area contributed by atoms with E-state index in [1.165, 1.54) is 11.1 Å². The number of benzene rings is 1. The van der Waals surface area contributed by atoms with Crippen LogP contribution in [0.3, 0.4) is 0 Å². The van der Waals surface area contributed by atoms with Crippen molar-refractivity contribution in [2.45, 2.75) is 52.5 Å². The van der Waals surface area contributed by atoms with Gasteiger partial charge in [-0.25, -0.2) is 0 Å². The topological polar surface area (TPSA) is 41.1 Å². The number of amides is 1. The van der Waals surface area contributed by atoms with E-state index in [-0.39, 0.29) is 30.3 Å². The van der Waals surface area contributed by atoms with Crippen LogP contribution in [0.25, 0.3) is 0 Å². The summed E-state index contributed by atoms with van der Waals surface area (Å²) in [6.45, 7) is 8.72. The van der Waals surface area contributed by atoms with Gasteiger partial charge in [-0.1, -0.05) is 38.1 Å². The van der Waals surface area contributed by atoms with Crippen molar-refractivity contribution in [1.29, 1.82) is 0 Å². The van der Waals surface area contributed by atoms with Gasteiger partial charge in [0.15, 0.2) is 0 Å². The molecule has 24 heavy (non-hydrogen) atoms. The predicted molar refractivity (Wildman–Crippen MR) is 101 cm³/mol. The number of halogens is 1. The lowest BCUT2D eigenvalue weighted by atomic mass is 9.90. The second kappa shape index (κ2) is 7.88. The molecular weight excluding hydrogens is 320 g/mol. The third-order valence-electron chi connectivity index (χ3n) is 5.69. The van der Waals surface area contributed by atoms with Crippen molar-refractivity contribution in [1.82, 2.24) is 10.6 Å². The van der Waals surface area contributed by atoms with E-state index in [1.54, 1.807) is 0 Å². The van der Waals surface area contributed by atoms with Crippen molar-refractivity contribution in [2.24, 2.45) is 17.3 Å². The fraction of sp³-hybridized carbons (Fsp3) is 0.650. The first kappa shape index (κ1) is 19.3. The van der Waals surface area contributed by atoms with Crippen molar-refractivity contribution >= 4 is 18.3 Å². The monoisotopic (exact) mass is 350 g/mol. The number of hydrogen-bond donors (Lipinski definition) is 2. The van der Waals surface area contributed by atoms with Crippen LogP contribution < -0.4 is 10.6 Å². The molecule has 1 amide bonds. The Balaban J connectivity index is 0.00000208. The minimum absolute atomic E-state index is 0. The highest BCUT2D eigenvalue weighted by Gasteiger charge is 2.57. The van der Waals surface area contributed by atoms with Gasteiger partial charge in [-0.15, -0.1) is 12.4 Å². The second-order valence-corrected chi connectivity index (χ2v) is 7.92. The Morgan fingerprint density at radius 2 is 1.96 bits per heavy atom. The zero-order valence-corrected chi connectivity index (χ0v) is 15.9. The highest BCUT2D eigenvalue weighted by Crippen LogP contribution is 2.58. The molecule has 2 unspecified atom stereocenters. The minimum atomic E-state index is 0. The zero-order valence-electron chi connectivity index (χ0n) is 15.1. The maximum absolute atomic E-state index is 12.8. The summed E-state index contributed by atoms with van der Waals surface area (Å²) in [6, 6.07) is 8.59. The summed E-state index contributed by atoms with van der Waals surface area (Å²) in [6.07, 6.45) is 4.40.